The Morgan fingerprint density at radius 3 is 0.833 bits per heavy atom. The molecular formula is HCl3NORu-3. The summed E-state index contributed by atoms with van der Waals surface area (Å²) in [5.74, 6) is 0. The number of halogens is 3. The molecule has 0 spiro atoms. The molecule has 6 heteroatoms. The molecule has 0 aromatic rings. The summed E-state index contributed by atoms with van der Waals surface area (Å²) in [6.07, 6.45) is 0. The van der Waals surface area contributed by atoms with E-state index in [0.29, 0.717) is 0 Å². The first-order valence-corrected chi connectivity index (χ1v) is 0.204. The summed E-state index contributed by atoms with van der Waals surface area (Å²) in [5, 5.41) is 0. The van der Waals surface area contributed by atoms with E-state index in [4.69, 9.17) is 4.91 Å². The van der Waals surface area contributed by atoms with E-state index in [0.717, 1.165) is 0 Å². The largest absolute Gasteiger partial charge is 1.00 e. The van der Waals surface area contributed by atoms with Crippen molar-refractivity contribution in [1.29, 1.82) is 5.59 Å². The van der Waals surface area contributed by atoms with Gasteiger partial charge in [-0.15, -0.1) is 0 Å². The fraction of sp³-hybridized carbons (Fsp3) is 0. The molecule has 0 saturated heterocycles. The summed E-state index contributed by atoms with van der Waals surface area (Å²) in [6, 6.07) is 0. The second kappa shape index (κ2) is 132. The summed E-state index contributed by atoms with van der Waals surface area (Å²) >= 11 is 0. The third-order valence-electron chi connectivity index (χ3n) is 0. The first kappa shape index (κ1) is 60.1. The van der Waals surface area contributed by atoms with E-state index in [1.807, 2.05) is 0 Å². The van der Waals surface area contributed by atoms with Crippen LogP contribution in [0.5, 0.6) is 0 Å². The Bertz CT molecular complexity index is 10.8. The van der Waals surface area contributed by atoms with Crippen molar-refractivity contribution in [3.8, 4) is 0 Å². The van der Waals surface area contributed by atoms with Crippen molar-refractivity contribution in [3.63, 3.8) is 0 Å². The van der Waals surface area contributed by atoms with Gasteiger partial charge < -0.3 is 37.2 Å². The molecule has 0 atom stereocenters. The van der Waals surface area contributed by atoms with Crippen molar-refractivity contribution < 1.29 is 56.7 Å². The van der Waals surface area contributed by atoms with Crippen LogP contribution < -0.4 is 37.2 Å². The van der Waals surface area contributed by atoms with Gasteiger partial charge in [0.1, 0.15) is 0 Å². The molecule has 0 aliphatic rings. The van der Waals surface area contributed by atoms with Gasteiger partial charge in [0.05, 0.1) is 0 Å². The van der Waals surface area contributed by atoms with Gasteiger partial charge in [0.2, 0.25) is 0 Å². The van der Waals surface area contributed by atoms with E-state index in [1.54, 1.807) is 0 Å². The SMILES string of the molecule is N=O.[Cl-].[Cl-].[Cl-].[Ru]. The fourth-order valence-electron chi connectivity index (χ4n) is 0. The number of nitroso groups, excluding NO2 is 1. The van der Waals surface area contributed by atoms with E-state index in [2.05, 4.69) is 5.59 Å². The number of hydrogen-bond donors (Lipinski definition) is 1. The molecule has 0 aromatic carbocycles. The summed E-state index contributed by atoms with van der Waals surface area (Å²) < 4.78 is 0. The van der Waals surface area contributed by atoms with Crippen molar-refractivity contribution in [2.75, 3.05) is 0 Å². The molecule has 0 bridgehead atoms. The molecule has 1 N–H and O–H groups in total. The van der Waals surface area contributed by atoms with Gasteiger partial charge in [0.15, 0.2) is 0 Å². The Labute approximate surface area is 67.2 Å². The predicted molar refractivity (Wildman–Crippen MR) is 6.09 cm³/mol. The third kappa shape index (κ3) is 71.4. The summed E-state index contributed by atoms with van der Waals surface area (Å²) in [7, 11) is 0. The molecule has 0 unspecified atom stereocenters. The molecule has 0 aromatic heterocycles. The number of hydrogen-bond acceptors (Lipinski definition) is 2. The van der Waals surface area contributed by atoms with Crippen molar-refractivity contribution in [3.05, 3.63) is 4.91 Å². The zero-order valence-electron chi connectivity index (χ0n) is 2.40. The standard InChI is InChI=1S/3ClH.HNO.Ru/c;;;1-2;/h3*1H;1H;/p-3. The Morgan fingerprint density at radius 2 is 0.833 bits per heavy atom. The normalized spacial score (nSPS) is 0.667. The third-order valence-corrected chi connectivity index (χ3v) is 0. The topological polar surface area (TPSA) is 40.9 Å². The monoisotopic (exact) mass is 238 g/mol. The van der Waals surface area contributed by atoms with E-state index >= 15 is 0 Å². The van der Waals surface area contributed by atoms with Crippen LogP contribution in [0.4, 0.5) is 0 Å². The van der Waals surface area contributed by atoms with Crippen LogP contribution in [-0.2, 0) is 19.5 Å². The minimum absolute atomic E-state index is 0. The Morgan fingerprint density at radius 1 is 0.833 bits per heavy atom. The van der Waals surface area contributed by atoms with E-state index in [9.17, 15) is 0 Å². The number of rotatable bonds is 0. The first-order chi connectivity index (χ1) is 1.00. The van der Waals surface area contributed by atoms with Crippen molar-refractivity contribution in [2.24, 2.45) is 0 Å². The van der Waals surface area contributed by atoms with Gasteiger partial charge in [-0.05, 0) is 0 Å². The average molecular weight is 238 g/mol. The molecule has 0 aliphatic heterocycles. The van der Waals surface area contributed by atoms with Crippen LogP contribution in [0.1, 0.15) is 0 Å². The zero-order valence-corrected chi connectivity index (χ0v) is 6.40. The second-order valence-electron chi connectivity index (χ2n) is 0. The predicted octanol–water partition coefficient (Wildman–Crippen LogP) is -8.66. The van der Waals surface area contributed by atoms with Gasteiger partial charge in [-0.3, -0.25) is 0 Å². The van der Waals surface area contributed by atoms with Gasteiger partial charge in [-0.1, -0.05) is 5.59 Å². The van der Waals surface area contributed by atoms with Crippen molar-refractivity contribution in [2.45, 2.75) is 0 Å². The quantitative estimate of drug-likeness (QED) is 0.331. The summed E-state index contributed by atoms with van der Waals surface area (Å²) in [4.78, 5) is 7.50. The molecule has 2 nitrogen and oxygen atoms in total. The molecule has 0 amide bonds. The molecule has 44 valence electrons. The van der Waals surface area contributed by atoms with Crippen LogP contribution in [0, 0.1) is 10.5 Å². The molecule has 6 heavy (non-hydrogen) atoms. The maximum atomic E-state index is 7.50. The van der Waals surface area contributed by atoms with E-state index in [1.165, 1.54) is 0 Å². The molecule has 0 saturated carbocycles. The minimum atomic E-state index is 0. The molecule has 0 heterocycles. The van der Waals surface area contributed by atoms with E-state index < -0.39 is 0 Å². The molecular weight excluding hydrogens is 237 g/mol. The van der Waals surface area contributed by atoms with Crippen LogP contribution in [0.2, 0.25) is 0 Å². The van der Waals surface area contributed by atoms with Gasteiger partial charge in [-0.25, -0.2) is 0 Å². The minimum Gasteiger partial charge on any atom is -1.00 e. The molecule has 0 fully saturated rings. The number of nitrogens with one attached hydrogen (secondary N) is 1. The van der Waals surface area contributed by atoms with Crippen LogP contribution in [0.15, 0.2) is 0 Å². The van der Waals surface area contributed by atoms with E-state index in [-0.39, 0.29) is 56.7 Å². The maximum absolute atomic E-state index is 7.50. The van der Waals surface area contributed by atoms with Crippen molar-refractivity contribution >= 4 is 0 Å². The smallest absolute Gasteiger partial charge is 0 e. The van der Waals surface area contributed by atoms with Gasteiger partial charge >= 0.3 is 0 Å². The average Bonchev–Trinajstić information content (AvgIpc) is 1.00. The Hall–Kier alpha value is 1.09. The van der Waals surface area contributed by atoms with Crippen molar-refractivity contribution in [1.82, 2.24) is 0 Å². The fourth-order valence-corrected chi connectivity index (χ4v) is 0. The van der Waals surface area contributed by atoms with Gasteiger partial charge in [-0.2, -0.15) is 4.91 Å². The molecule has 0 rings (SSSR count). The van der Waals surface area contributed by atoms with Gasteiger partial charge in [0.25, 0.3) is 0 Å². The van der Waals surface area contributed by atoms with Crippen LogP contribution in [0.25, 0.3) is 0 Å². The van der Waals surface area contributed by atoms with Crippen LogP contribution in [-0.4, -0.2) is 0 Å². The Kier molecular flexibility index (Phi) is 1320. The summed E-state index contributed by atoms with van der Waals surface area (Å²) in [5.41, 5.74) is 4.50. The Balaban J connectivity index is -0.000000000833. The molecule has 0 radical (unpaired) electrons. The van der Waals surface area contributed by atoms with Crippen LogP contribution in [0.3, 0.4) is 0 Å². The first-order valence-electron chi connectivity index (χ1n) is 0.204. The van der Waals surface area contributed by atoms with Crippen LogP contribution >= 0.6 is 0 Å². The summed E-state index contributed by atoms with van der Waals surface area (Å²) in [6.45, 7) is 0. The molecule has 0 aliphatic carbocycles. The second-order valence-corrected chi connectivity index (χ2v) is 0. The zero-order chi connectivity index (χ0) is 2.00. The maximum Gasteiger partial charge on any atom is 0 e. The van der Waals surface area contributed by atoms with Gasteiger partial charge in [0, 0.05) is 19.5 Å².